The molecule has 0 N–H and O–H groups in total. The zero-order valence-electron chi connectivity index (χ0n) is 10.1. The Balaban J connectivity index is 2.20. The molecule has 4 heteroatoms. The van der Waals surface area contributed by atoms with Gasteiger partial charge in [-0.15, -0.1) is 0 Å². The van der Waals surface area contributed by atoms with Crippen LogP contribution in [0.1, 0.15) is 18.9 Å². The van der Waals surface area contributed by atoms with E-state index in [4.69, 9.17) is 0 Å². The number of likely N-dealkylation sites (N-methyl/N-ethyl adjacent to an activating group) is 1. The quantitative estimate of drug-likeness (QED) is 0.746. The molecule has 0 radical (unpaired) electrons. The molecule has 0 aromatic heterocycles. The standard InChI is InChI=1S/C13H16N2O2/c1-3-11-12(16)14(2)13(17)15(11)9-10-7-5-4-6-8-10/h4-8,11H,3,9H2,1-2H3. The lowest BCUT2D eigenvalue weighted by Gasteiger charge is -2.20. The molecule has 0 bridgehead atoms. The zero-order chi connectivity index (χ0) is 12.4. The molecule has 4 nitrogen and oxygen atoms in total. The highest BCUT2D eigenvalue weighted by Gasteiger charge is 2.41. The Morgan fingerprint density at radius 3 is 2.41 bits per heavy atom. The molecular weight excluding hydrogens is 216 g/mol. The fourth-order valence-corrected chi connectivity index (χ4v) is 2.13. The number of rotatable bonds is 3. The molecule has 1 fully saturated rings. The smallest absolute Gasteiger partial charge is 0.308 e. The first-order valence-corrected chi connectivity index (χ1v) is 5.77. The number of hydrogen-bond acceptors (Lipinski definition) is 2. The normalized spacial score (nSPS) is 20.2. The zero-order valence-corrected chi connectivity index (χ0v) is 10.1. The van der Waals surface area contributed by atoms with E-state index in [1.54, 1.807) is 11.9 Å². The summed E-state index contributed by atoms with van der Waals surface area (Å²) in [4.78, 5) is 26.6. The molecule has 0 aliphatic carbocycles. The number of amides is 3. The summed E-state index contributed by atoms with van der Waals surface area (Å²) in [6.45, 7) is 2.42. The maximum Gasteiger partial charge on any atom is 0.327 e. The number of urea groups is 1. The predicted molar refractivity (Wildman–Crippen MR) is 64.2 cm³/mol. The highest BCUT2D eigenvalue weighted by atomic mass is 16.2. The second-order valence-electron chi connectivity index (χ2n) is 4.22. The van der Waals surface area contributed by atoms with E-state index in [-0.39, 0.29) is 18.0 Å². The van der Waals surface area contributed by atoms with Crippen molar-refractivity contribution in [3.8, 4) is 0 Å². The maximum atomic E-state index is 11.9. The lowest BCUT2D eigenvalue weighted by molar-refractivity contribution is -0.127. The van der Waals surface area contributed by atoms with E-state index < -0.39 is 0 Å². The molecule has 1 unspecified atom stereocenters. The molecule has 1 heterocycles. The van der Waals surface area contributed by atoms with Gasteiger partial charge >= 0.3 is 6.03 Å². The minimum atomic E-state index is -0.312. The first-order chi connectivity index (χ1) is 8.15. The fourth-order valence-electron chi connectivity index (χ4n) is 2.13. The Morgan fingerprint density at radius 2 is 1.82 bits per heavy atom. The van der Waals surface area contributed by atoms with Crippen LogP contribution in [-0.4, -0.2) is 34.8 Å². The van der Waals surface area contributed by atoms with Crippen LogP contribution in [0.2, 0.25) is 0 Å². The van der Waals surface area contributed by atoms with Gasteiger partial charge in [0.25, 0.3) is 5.91 Å². The minimum absolute atomic E-state index is 0.103. The summed E-state index contributed by atoms with van der Waals surface area (Å²) in [5.41, 5.74) is 1.04. The molecule has 1 saturated heterocycles. The van der Waals surface area contributed by atoms with Gasteiger partial charge in [-0.3, -0.25) is 9.69 Å². The summed E-state index contributed by atoms with van der Waals surface area (Å²) in [5, 5.41) is 0. The van der Waals surface area contributed by atoms with E-state index in [0.29, 0.717) is 13.0 Å². The number of hydrogen-bond donors (Lipinski definition) is 0. The van der Waals surface area contributed by atoms with Crippen LogP contribution in [0.5, 0.6) is 0 Å². The molecular formula is C13H16N2O2. The van der Waals surface area contributed by atoms with Crippen molar-refractivity contribution >= 4 is 11.9 Å². The molecule has 3 amide bonds. The van der Waals surface area contributed by atoms with E-state index in [9.17, 15) is 9.59 Å². The largest absolute Gasteiger partial charge is 0.327 e. The van der Waals surface area contributed by atoms with E-state index in [1.807, 2.05) is 37.3 Å². The van der Waals surface area contributed by atoms with Crippen LogP contribution in [0.4, 0.5) is 4.79 Å². The van der Waals surface area contributed by atoms with Crippen molar-refractivity contribution < 1.29 is 9.59 Å². The Morgan fingerprint density at radius 1 is 1.18 bits per heavy atom. The van der Waals surface area contributed by atoms with Gasteiger partial charge in [-0.1, -0.05) is 37.3 Å². The van der Waals surface area contributed by atoms with Crippen molar-refractivity contribution in [3.05, 3.63) is 35.9 Å². The second kappa shape index (κ2) is 4.57. The summed E-state index contributed by atoms with van der Waals surface area (Å²) in [6, 6.07) is 9.21. The first kappa shape index (κ1) is 11.6. The van der Waals surface area contributed by atoms with Crippen molar-refractivity contribution in [2.75, 3.05) is 7.05 Å². The van der Waals surface area contributed by atoms with Gasteiger partial charge < -0.3 is 4.90 Å². The third-order valence-corrected chi connectivity index (χ3v) is 3.11. The van der Waals surface area contributed by atoms with Gasteiger partial charge in [-0.05, 0) is 12.0 Å². The molecule has 0 spiro atoms. The summed E-state index contributed by atoms with van der Waals surface area (Å²) >= 11 is 0. The Labute approximate surface area is 101 Å². The van der Waals surface area contributed by atoms with Crippen molar-refractivity contribution in [3.63, 3.8) is 0 Å². The Hall–Kier alpha value is -1.84. The van der Waals surface area contributed by atoms with Crippen molar-refractivity contribution in [2.45, 2.75) is 25.9 Å². The molecule has 1 aliphatic rings. The highest BCUT2D eigenvalue weighted by molar-refractivity contribution is 6.03. The number of imide groups is 1. The van der Waals surface area contributed by atoms with Crippen LogP contribution >= 0.6 is 0 Å². The Kier molecular flexibility index (Phi) is 3.13. The lowest BCUT2D eigenvalue weighted by Crippen LogP contribution is -2.34. The van der Waals surface area contributed by atoms with Gasteiger partial charge in [0.15, 0.2) is 0 Å². The van der Waals surface area contributed by atoms with Gasteiger partial charge in [0.05, 0.1) is 0 Å². The summed E-state index contributed by atoms with van der Waals surface area (Å²) in [5.74, 6) is -0.103. The first-order valence-electron chi connectivity index (χ1n) is 5.77. The number of nitrogens with zero attached hydrogens (tertiary/aromatic N) is 2. The van der Waals surface area contributed by atoms with Gasteiger partial charge in [0, 0.05) is 13.6 Å². The highest BCUT2D eigenvalue weighted by Crippen LogP contribution is 2.21. The van der Waals surface area contributed by atoms with E-state index in [0.717, 1.165) is 5.56 Å². The molecule has 2 rings (SSSR count). The summed E-state index contributed by atoms with van der Waals surface area (Å²) in [6.07, 6.45) is 0.655. The number of carbonyl (C=O) groups excluding carboxylic acids is 2. The second-order valence-corrected chi connectivity index (χ2v) is 4.22. The van der Waals surface area contributed by atoms with Gasteiger partial charge in [0.1, 0.15) is 6.04 Å². The van der Waals surface area contributed by atoms with E-state index in [1.165, 1.54) is 4.90 Å². The molecule has 1 aromatic rings. The predicted octanol–water partition coefficient (Wildman–Crippen LogP) is 1.86. The van der Waals surface area contributed by atoms with Crippen LogP contribution in [0.15, 0.2) is 30.3 Å². The molecule has 1 atom stereocenters. The molecule has 1 aliphatic heterocycles. The maximum absolute atomic E-state index is 11.9. The molecule has 0 saturated carbocycles. The van der Waals surface area contributed by atoms with Crippen molar-refractivity contribution in [1.29, 1.82) is 0 Å². The SMILES string of the molecule is CCC1C(=O)N(C)C(=O)N1Cc1ccccc1. The van der Waals surface area contributed by atoms with Crippen LogP contribution in [-0.2, 0) is 11.3 Å². The van der Waals surface area contributed by atoms with Gasteiger partial charge in [-0.25, -0.2) is 4.79 Å². The minimum Gasteiger partial charge on any atom is -0.308 e. The average Bonchev–Trinajstić information content (AvgIpc) is 2.55. The van der Waals surface area contributed by atoms with Gasteiger partial charge in [0.2, 0.25) is 0 Å². The van der Waals surface area contributed by atoms with Gasteiger partial charge in [-0.2, -0.15) is 0 Å². The molecule has 1 aromatic carbocycles. The summed E-state index contributed by atoms with van der Waals surface area (Å²) < 4.78 is 0. The fraction of sp³-hybridized carbons (Fsp3) is 0.385. The topological polar surface area (TPSA) is 40.6 Å². The van der Waals surface area contributed by atoms with Crippen LogP contribution in [0.3, 0.4) is 0 Å². The Bertz CT molecular complexity index is 430. The van der Waals surface area contributed by atoms with Crippen molar-refractivity contribution in [1.82, 2.24) is 9.80 Å². The van der Waals surface area contributed by atoms with Crippen LogP contribution in [0, 0.1) is 0 Å². The summed E-state index contributed by atoms with van der Waals surface area (Å²) in [7, 11) is 1.54. The number of carbonyl (C=O) groups is 2. The van der Waals surface area contributed by atoms with E-state index >= 15 is 0 Å². The van der Waals surface area contributed by atoms with Crippen molar-refractivity contribution in [2.24, 2.45) is 0 Å². The lowest BCUT2D eigenvalue weighted by atomic mass is 10.1. The third-order valence-electron chi connectivity index (χ3n) is 3.11. The monoisotopic (exact) mass is 232 g/mol. The van der Waals surface area contributed by atoms with Crippen LogP contribution in [0.25, 0.3) is 0 Å². The third kappa shape index (κ3) is 2.02. The van der Waals surface area contributed by atoms with E-state index in [2.05, 4.69) is 0 Å². The number of benzene rings is 1. The molecule has 90 valence electrons. The molecule has 17 heavy (non-hydrogen) atoms. The van der Waals surface area contributed by atoms with Crippen LogP contribution < -0.4 is 0 Å². The average molecular weight is 232 g/mol.